The van der Waals surface area contributed by atoms with Gasteiger partial charge in [0.25, 0.3) is 0 Å². The second kappa shape index (κ2) is 6.36. The Bertz CT molecular complexity index is 531. The van der Waals surface area contributed by atoms with Crippen LogP contribution in [-0.4, -0.2) is 36.7 Å². The number of nitrogens with two attached hydrogens (primary N) is 1. The van der Waals surface area contributed by atoms with Crippen molar-refractivity contribution in [1.29, 1.82) is 0 Å². The maximum atomic E-state index is 13.6. The lowest BCUT2D eigenvalue weighted by Crippen LogP contribution is -2.47. The van der Waals surface area contributed by atoms with Crippen LogP contribution in [0.3, 0.4) is 0 Å². The average molecular weight is 276 g/mol. The molecular formula is C16H21FN2O. The van der Waals surface area contributed by atoms with E-state index < -0.39 is 0 Å². The molecule has 0 atom stereocenters. The highest BCUT2D eigenvalue weighted by Crippen LogP contribution is 2.19. The summed E-state index contributed by atoms with van der Waals surface area (Å²) in [6.45, 7) is 7.68. The zero-order chi connectivity index (χ0) is 14.6. The molecule has 2 N–H and O–H groups in total. The third-order valence-corrected chi connectivity index (χ3v) is 3.27. The van der Waals surface area contributed by atoms with Crippen molar-refractivity contribution in [1.82, 2.24) is 4.90 Å². The maximum absolute atomic E-state index is 13.6. The zero-order valence-electron chi connectivity index (χ0n) is 12.1. The van der Waals surface area contributed by atoms with Crippen LogP contribution in [0.1, 0.15) is 25.0 Å². The van der Waals surface area contributed by atoms with Crippen molar-refractivity contribution in [3.8, 4) is 11.8 Å². The molecule has 1 aromatic rings. The SMILES string of the molecule is CC1(C)CN(Cc2ccc(F)c(C#CCN)c2)CCO1. The van der Waals surface area contributed by atoms with Crippen LogP contribution in [0.5, 0.6) is 0 Å². The van der Waals surface area contributed by atoms with E-state index in [1.165, 1.54) is 6.07 Å². The number of morpholine rings is 1. The van der Waals surface area contributed by atoms with Gasteiger partial charge in [-0.2, -0.15) is 0 Å². The highest BCUT2D eigenvalue weighted by Gasteiger charge is 2.26. The summed E-state index contributed by atoms with van der Waals surface area (Å²) < 4.78 is 19.3. The molecule has 108 valence electrons. The fourth-order valence-corrected chi connectivity index (χ4v) is 2.42. The predicted octanol–water partition coefficient (Wildman–Crippen LogP) is 1.75. The second-order valence-electron chi connectivity index (χ2n) is 5.64. The van der Waals surface area contributed by atoms with Crippen LogP contribution in [0.2, 0.25) is 0 Å². The van der Waals surface area contributed by atoms with Gasteiger partial charge in [-0.1, -0.05) is 17.9 Å². The fraction of sp³-hybridized carbons (Fsp3) is 0.500. The van der Waals surface area contributed by atoms with Crippen LogP contribution in [-0.2, 0) is 11.3 Å². The van der Waals surface area contributed by atoms with Crippen LogP contribution in [0, 0.1) is 17.7 Å². The van der Waals surface area contributed by atoms with Gasteiger partial charge in [-0.25, -0.2) is 4.39 Å². The molecule has 4 heteroatoms. The Morgan fingerprint density at radius 3 is 2.95 bits per heavy atom. The molecule has 0 saturated carbocycles. The van der Waals surface area contributed by atoms with E-state index in [2.05, 4.69) is 30.6 Å². The summed E-state index contributed by atoms with van der Waals surface area (Å²) in [5.74, 6) is 5.17. The Balaban J connectivity index is 2.09. The van der Waals surface area contributed by atoms with E-state index in [1.54, 1.807) is 6.07 Å². The summed E-state index contributed by atoms with van der Waals surface area (Å²) in [5, 5.41) is 0. The summed E-state index contributed by atoms with van der Waals surface area (Å²) in [4.78, 5) is 2.32. The average Bonchev–Trinajstić information content (AvgIpc) is 2.38. The van der Waals surface area contributed by atoms with Crippen LogP contribution in [0.15, 0.2) is 18.2 Å². The van der Waals surface area contributed by atoms with E-state index in [1.807, 2.05) is 6.07 Å². The van der Waals surface area contributed by atoms with Crippen molar-refractivity contribution in [3.63, 3.8) is 0 Å². The molecule has 1 aliphatic rings. The van der Waals surface area contributed by atoms with Gasteiger partial charge in [-0.15, -0.1) is 0 Å². The Kier molecular flexibility index (Phi) is 4.77. The first-order valence-corrected chi connectivity index (χ1v) is 6.84. The Labute approximate surface area is 119 Å². The van der Waals surface area contributed by atoms with E-state index in [0.717, 1.165) is 31.8 Å². The second-order valence-corrected chi connectivity index (χ2v) is 5.64. The van der Waals surface area contributed by atoms with Gasteiger partial charge in [0.15, 0.2) is 0 Å². The third-order valence-electron chi connectivity index (χ3n) is 3.27. The molecule has 0 aliphatic carbocycles. The molecule has 2 rings (SSSR count). The van der Waals surface area contributed by atoms with E-state index in [9.17, 15) is 4.39 Å². The van der Waals surface area contributed by atoms with E-state index in [-0.39, 0.29) is 18.0 Å². The van der Waals surface area contributed by atoms with Gasteiger partial charge in [0.2, 0.25) is 0 Å². The topological polar surface area (TPSA) is 38.5 Å². The highest BCUT2D eigenvalue weighted by atomic mass is 19.1. The minimum absolute atomic E-state index is 0.125. The Hall–Kier alpha value is -1.41. The molecule has 0 unspecified atom stereocenters. The van der Waals surface area contributed by atoms with E-state index in [4.69, 9.17) is 10.5 Å². The first-order valence-electron chi connectivity index (χ1n) is 6.84. The summed E-state index contributed by atoms with van der Waals surface area (Å²) in [6, 6.07) is 5.09. The van der Waals surface area contributed by atoms with Crippen molar-refractivity contribution in [2.75, 3.05) is 26.2 Å². The molecule has 1 fully saturated rings. The normalized spacial score (nSPS) is 18.4. The van der Waals surface area contributed by atoms with Crippen LogP contribution >= 0.6 is 0 Å². The van der Waals surface area contributed by atoms with Crippen molar-refractivity contribution < 1.29 is 9.13 Å². The van der Waals surface area contributed by atoms with Gasteiger partial charge in [-0.05, 0) is 31.5 Å². The van der Waals surface area contributed by atoms with Gasteiger partial charge in [0.05, 0.1) is 24.3 Å². The number of hydrogen-bond donors (Lipinski definition) is 1. The number of rotatable bonds is 2. The first kappa shape index (κ1) is 15.0. The molecule has 0 spiro atoms. The molecule has 1 aromatic carbocycles. The summed E-state index contributed by atoms with van der Waals surface area (Å²) >= 11 is 0. The molecule has 3 nitrogen and oxygen atoms in total. The van der Waals surface area contributed by atoms with Crippen molar-refractivity contribution in [3.05, 3.63) is 35.1 Å². The van der Waals surface area contributed by atoms with Crippen molar-refractivity contribution in [2.24, 2.45) is 5.73 Å². The molecule has 1 aliphatic heterocycles. The molecule has 1 heterocycles. The van der Waals surface area contributed by atoms with Gasteiger partial charge in [0, 0.05) is 19.6 Å². The van der Waals surface area contributed by atoms with Gasteiger partial charge < -0.3 is 10.5 Å². The largest absolute Gasteiger partial charge is 0.373 e. The number of halogens is 1. The summed E-state index contributed by atoms with van der Waals surface area (Å²) in [7, 11) is 0. The number of ether oxygens (including phenoxy) is 1. The number of benzene rings is 1. The Morgan fingerprint density at radius 2 is 2.25 bits per heavy atom. The molecule has 1 saturated heterocycles. The smallest absolute Gasteiger partial charge is 0.138 e. The molecular weight excluding hydrogens is 255 g/mol. The van der Waals surface area contributed by atoms with Gasteiger partial charge in [0.1, 0.15) is 5.82 Å². The summed E-state index contributed by atoms with van der Waals surface area (Å²) in [6.07, 6.45) is 0. The summed E-state index contributed by atoms with van der Waals surface area (Å²) in [5.41, 5.74) is 6.68. The monoisotopic (exact) mass is 276 g/mol. The van der Waals surface area contributed by atoms with Crippen LogP contribution in [0.25, 0.3) is 0 Å². The zero-order valence-corrected chi connectivity index (χ0v) is 12.1. The number of hydrogen-bond acceptors (Lipinski definition) is 3. The lowest BCUT2D eigenvalue weighted by molar-refractivity contribution is -0.0882. The standard InChI is InChI=1S/C16H21FN2O/c1-16(2)12-19(8-9-20-16)11-13-5-6-15(17)14(10-13)4-3-7-18/h5-6,10H,7-9,11-12,18H2,1-2H3. The molecule has 0 bridgehead atoms. The minimum atomic E-state index is -0.294. The lowest BCUT2D eigenvalue weighted by Gasteiger charge is -2.38. The third kappa shape index (κ3) is 4.04. The lowest BCUT2D eigenvalue weighted by atomic mass is 10.1. The maximum Gasteiger partial charge on any atom is 0.138 e. The molecule has 0 amide bonds. The molecule has 0 radical (unpaired) electrons. The van der Waals surface area contributed by atoms with E-state index in [0.29, 0.717) is 5.56 Å². The molecule has 0 aromatic heterocycles. The highest BCUT2D eigenvalue weighted by molar-refractivity contribution is 5.38. The molecule has 20 heavy (non-hydrogen) atoms. The van der Waals surface area contributed by atoms with Gasteiger partial charge in [-0.3, -0.25) is 4.90 Å². The minimum Gasteiger partial charge on any atom is -0.373 e. The van der Waals surface area contributed by atoms with Crippen molar-refractivity contribution in [2.45, 2.75) is 26.0 Å². The first-order chi connectivity index (χ1) is 9.50. The van der Waals surface area contributed by atoms with Crippen molar-refractivity contribution >= 4 is 0 Å². The van der Waals surface area contributed by atoms with E-state index >= 15 is 0 Å². The van der Waals surface area contributed by atoms with Crippen LogP contribution < -0.4 is 5.73 Å². The predicted molar refractivity (Wildman–Crippen MR) is 77.6 cm³/mol. The number of nitrogens with zero attached hydrogens (tertiary/aromatic N) is 1. The Morgan fingerprint density at radius 1 is 1.45 bits per heavy atom. The van der Waals surface area contributed by atoms with Crippen LogP contribution in [0.4, 0.5) is 4.39 Å². The quantitative estimate of drug-likeness (QED) is 0.836. The van der Waals surface area contributed by atoms with Gasteiger partial charge >= 0.3 is 0 Å². The fourth-order valence-electron chi connectivity index (χ4n) is 2.42.